The van der Waals surface area contributed by atoms with Crippen LogP contribution in [-0.2, 0) is 6.42 Å². The number of Topliss-reactive ketones (excluding diaryl/α,β-unsaturated/α-hetero) is 1. The Morgan fingerprint density at radius 3 is 2.55 bits per heavy atom. The lowest BCUT2D eigenvalue weighted by Crippen LogP contribution is -1.92. The Labute approximate surface area is 65.4 Å². The van der Waals surface area contributed by atoms with Crippen molar-refractivity contribution in [2.45, 2.75) is 27.2 Å². The van der Waals surface area contributed by atoms with Crippen molar-refractivity contribution in [2.24, 2.45) is 0 Å². The third kappa shape index (κ3) is 1.31. The zero-order valence-electron chi connectivity index (χ0n) is 6.97. The van der Waals surface area contributed by atoms with E-state index in [-0.39, 0.29) is 5.78 Å². The quantitative estimate of drug-likeness (QED) is 0.608. The van der Waals surface area contributed by atoms with Gasteiger partial charge in [0.25, 0.3) is 0 Å². The number of carbonyl (C=O) groups is 1. The number of rotatable bonds is 2. The molecule has 0 aliphatic carbocycles. The van der Waals surface area contributed by atoms with Crippen LogP contribution in [0, 0.1) is 6.92 Å². The lowest BCUT2D eigenvalue weighted by Gasteiger charge is -1.88. The van der Waals surface area contributed by atoms with Gasteiger partial charge >= 0.3 is 0 Å². The average Bonchev–Trinajstić information content (AvgIpc) is 2.30. The second kappa shape index (κ2) is 2.86. The lowest BCUT2D eigenvalue weighted by atomic mass is 10.1. The second-order valence-electron chi connectivity index (χ2n) is 2.49. The Bertz CT molecular complexity index is 276. The summed E-state index contributed by atoms with van der Waals surface area (Å²) in [6.07, 6.45) is 0.808. The summed E-state index contributed by atoms with van der Waals surface area (Å²) in [6, 6.07) is 0. The van der Waals surface area contributed by atoms with Crippen LogP contribution >= 0.6 is 0 Å². The number of nitrogens with zero attached hydrogens (tertiary/aromatic N) is 1. The molecule has 3 nitrogen and oxygen atoms in total. The van der Waals surface area contributed by atoms with Gasteiger partial charge in [0.05, 0.1) is 5.69 Å². The van der Waals surface area contributed by atoms with Gasteiger partial charge in [-0.15, -0.1) is 0 Å². The normalized spacial score (nSPS) is 10.1. The molecule has 0 atom stereocenters. The van der Waals surface area contributed by atoms with Crippen molar-refractivity contribution >= 4 is 5.78 Å². The summed E-state index contributed by atoms with van der Waals surface area (Å²) in [5.74, 6) is 0.330. The summed E-state index contributed by atoms with van der Waals surface area (Å²) in [5, 5.41) is 3.76. The maximum atomic E-state index is 10.9. The molecular weight excluding hydrogens is 142 g/mol. The highest BCUT2D eigenvalue weighted by molar-refractivity contribution is 5.92. The Morgan fingerprint density at radius 2 is 2.27 bits per heavy atom. The van der Waals surface area contributed by atoms with Crippen LogP contribution in [0.2, 0.25) is 0 Å². The van der Waals surface area contributed by atoms with Gasteiger partial charge in [0, 0.05) is 12.5 Å². The SMILES string of the molecule is CCc1noc(C(C)=O)c1C. The fourth-order valence-electron chi connectivity index (χ4n) is 1.03. The molecule has 1 rings (SSSR count). The highest BCUT2D eigenvalue weighted by Gasteiger charge is 2.13. The van der Waals surface area contributed by atoms with Crippen LogP contribution in [-0.4, -0.2) is 10.9 Å². The Kier molecular flexibility index (Phi) is 2.08. The van der Waals surface area contributed by atoms with E-state index in [4.69, 9.17) is 4.52 Å². The van der Waals surface area contributed by atoms with Crippen LogP contribution in [0.25, 0.3) is 0 Å². The number of aromatic nitrogens is 1. The first-order chi connectivity index (χ1) is 5.16. The zero-order chi connectivity index (χ0) is 8.43. The van der Waals surface area contributed by atoms with Crippen LogP contribution in [0.1, 0.15) is 35.7 Å². The predicted molar refractivity (Wildman–Crippen MR) is 40.6 cm³/mol. The standard InChI is InChI=1S/C8H11NO2/c1-4-7-5(2)8(6(3)10)11-9-7/h4H2,1-3H3. The van der Waals surface area contributed by atoms with Crippen molar-refractivity contribution in [1.82, 2.24) is 5.16 Å². The van der Waals surface area contributed by atoms with Crippen LogP contribution in [0.3, 0.4) is 0 Å². The molecule has 0 amide bonds. The molecule has 0 saturated carbocycles. The third-order valence-electron chi connectivity index (χ3n) is 1.68. The van der Waals surface area contributed by atoms with Gasteiger partial charge in [-0.25, -0.2) is 0 Å². The predicted octanol–water partition coefficient (Wildman–Crippen LogP) is 1.75. The van der Waals surface area contributed by atoms with E-state index in [1.807, 2.05) is 13.8 Å². The first-order valence-electron chi connectivity index (χ1n) is 3.63. The van der Waals surface area contributed by atoms with E-state index in [9.17, 15) is 4.79 Å². The van der Waals surface area contributed by atoms with Crippen molar-refractivity contribution in [3.63, 3.8) is 0 Å². The van der Waals surface area contributed by atoms with E-state index in [1.54, 1.807) is 0 Å². The van der Waals surface area contributed by atoms with E-state index >= 15 is 0 Å². The molecule has 0 aliphatic heterocycles. The molecular formula is C8H11NO2. The van der Waals surface area contributed by atoms with Crippen molar-refractivity contribution in [2.75, 3.05) is 0 Å². The summed E-state index contributed by atoms with van der Waals surface area (Å²) >= 11 is 0. The van der Waals surface area contributed by atoms with Crippen LogP contribution < -0.4 is 0 Å². The number of carbonyl (C=O) groups excluding carboxylic acids is 1. The van der Waals surface area contributed by atoms with Gasteiger partial charge in [-0.3, -0.25) is 4.79 Å². The minimum Gasteiger partial charge on any atom is -0.353 e. The minimum atomic E-state index is -0.0605. The molecule has 0 N–H and O–H groups in total. The second-order valence-corrected chi connectivity index (χ2v) is 2.49. The van der Waals surface area contributed by atoms with E-state index in [0.717, 1.165) is 17.7 Å². The summed E-state index contributed by atoms with van der Waals surface area (Å²) in [6.45, 7) is 5.31. The number of hydrogen-bond donors (Lipinski definition) is 0. The molecule has 11 heavy (non-hydrogen) atoms. The Balaban J connectivity index is 3.10. The first-order valence-corrected chi connectivity index (χ1v) is 3.63. The fourth-order valence-corrected chi connectivity index (χ4v) is 1.03. The first kappa shape index (κ1) is 7.98. The molecule has 1 aromatic heterocycles. The summed E-state index contributed by atoms with van der Waals surface area (Å²) < 4.78 is 4.85. The van der Waals surface area contributed by atoms with Gasteiger partial charge in [0.1, 0.15) is 0 Å². The van der Waals surface area contributed by atoms with E-state index in [0.29, 0.717) is 5.76 Å². The van der Waals surface area contributed by atoms with Crippen molar-refractivity contribution in [3.05, 3.63) is 17.0 Å². The van der Waals surface area contributed by atoms with Gasteiger partial charge in [0.15, 0.2) is 5.78 Å². The summed E-state index contributed by atoms with van der Waals surface area (Å²) in [7, 11) is 0. The molecule has 0 fully saturated rings. The lowest BCUT2D eigenvalue weighted by molar-refractivity contribution is 0.0977. The minimum absolute atomic E-state index is 0.0605. The highest BCUT2D eigenvalue weighted by atomic mass is 16.5. The summed E-state index contributed by atoms with van der Waals surface area (Å²) in [4.78, 5) is 10.9. The van der Waals surface area contributed by atoms with Crippen LogP contribution in [0.5, 0.6) is 0 Å². The van der Waals surface area contributed by atoms with Crippen molar-refractivity contribution < 1.29 is 9.32 Å². The third-order valence-corrected chi connectivity index (χ3v) is 1.68. The molecule has 0 bridgehead atoms. The van der Waals surface area contributed by atoms with E-state index in [1.165, 1.54) is 6.92 Å². The van der Waals surface area contributed by atoms with Crippen molar-refractivity contribution in [1.29, 1.82) is 0 Å². The molecule has 0 radical (unpaired) electrons. The smallest absolute Gasteiger partial charge is 0.205 e. The van der Waals surface area contributed by atoms with Gasteiger partial charge in [-0.2, -0.15) is 0 Å². The highest BCUT2D eigenvalue weighted by Crippen LogP contribution is 2.13. The Hall–Kier alpha value is -1.12. The molecule has 0 spiro atoms. The van der Waals surface area contributed by atoms with Gasteiger partial charge in [-0.05, 0) is 13.3 Å². The van der Waals surface area contributed by atoms with Gasteiger partial charge in [0.2, 0.25) is 5.76 Å². The topological polar surface area (TPSA) is 43.1 Å². The molecule has 0 saturated heterocycles. The van der Waals surface area contributed by atoms with E-state index < -0.39 is 0 Å². The molecule has 1 heterocycles. The van der Waals surface area contributed by atoms with Gasteiger partial charge < -0.3 is 4.52 Å². The van der Waals surface area contributed by atoms with Crippen LogP contribution in [0.4, 0.5) is 0 Å². The van der Waals surface area contributed by atoms with E-state index in [2.05, 4.69) is 5.16 Å². The summed E-state index contributed by atoms with van der Waals surface area (Å²) in [5.41, 5.74) is 1.75. The van der Waals surface area contributed by atoms with Crippen LogP contribution in [0.15, 0.2) is 4.52 Å². The maximum Gasteiger partial charge on any atom is 0.205 e. The molecule has 0 aliphatic rings. The monoisotopic (exact) mass is 153 g/mol. The molecule has 60 valence electrons. The van der Waals surface area contributed by atoms with Crippen molar-refractivity contribution in [3.8, 4) is 0 Å². The largest absolute Gasteiger partial charge is 0.353 e. The molecule has 3 heteroatoms. The molecule has 0 unspecified atom stereocenters. The Morgan fingerprint density at radius 1 is 1.64 bits per heavy atom. The molecule has 0 aromatic carbocycles. The zero-order valence-corrected chi connectivity index (χ0v) is 6.97. The van der Waals surface area contributed by atoms with Gasteiger partial charge in [-0.1, -0.05) is 12.1 Å². The number of ketones is 1. The average molecular weight is 153 g/mol. The maximum absolute atomic E-state index is 10.9. The number of aryl methyl sites for hydroxylation is 1. The fraction of sp³-hybridized carbons (Fsp3) is 0.500. The molecule has 1 aromatic rings. The number of hydrogen-bond acceptors (Lipinski definition) is 3.